The van der Waals surface area contributed by atoms with Crippen LogP contribution in [-0.2, 0) is 4.79 Å². The van der Waals surface area contributed by atoms with Crippen LogP contribution in [0.4, 0.5) is 0 Å². The second-order valence-electron chi connectivity index (χ2n) is 11.2. The van der Waals surface area contributed by atoms with E-state index in [-0.39, 0.29) is 6.10 Å². The summed E-state index contributed by atoms with van der Waals surface area (Å²) in [6, 6.07) is 0. The van der Waals surface area contributed by atoms with E-state index >= 15 is 0 Å². The molecule has 0 aromatic heterocycles. The first-order chi connectivity index (χ1) is 12.8. The Kier molecular flexibility index (Phi) is 5.15. The summed E-state index contributed by atoms with van der Waals surface area (Å²) in [7, 11) is 0. The summed E-state index contributed by atoms with van der Waals surface area (Å²) in [6.45, 7) is 7.43. The number of aliphatic hydroxyl groups excluding tert-OH is 1. The molecule has 0 saturated heterocycles. The lowest BCUT2D eigenvalue weighted by Crippen LogP contribution is -2.54. The van der Waals surface area contributed by atoms with Crippen LogP contribution in [0.25, 0.3) is 0 Å². The highest BCUT2D eigenvalue weighted by atomic mass is 16.4. The molecule has 4 saturated carbocycles. The molecule has 0 heterocycles. The molecular weight excluding hydrogens is 336 g/mol. The van der Waals surface area contributed by atoms with E-state index < -0.39 is 5.97 Å². The van der Waals surface area contributed by atoms with Gasteiger partial charge in [0.1, 0.15) is 0 Å². The molecule has 0 amide bonds. The van der Waals surface area contributed by atoms with E-state index in [4.69, 9.17) is 5.11 Å². The molecule has 0 radical (unpaired) electrons. The highest BCUT2D eigenvalue weighted by Crippen LogP contribution is 2.68. The molecule has 154 valence electrons. The molecule has 0 aromatic carbocycles. The first kappa shape index (κ1) is 19.7. The SMILES string of the molecule is C[C@H](CCC(=O)O)[C@H]1CC[C@H]2[C@@H]3CC[C@H]4CC(O)CC[C@]4(C)[C@H]3CC[C@]12C. The van der Waals surface area contributed by atoms with Gasteiger partial charge in [-0.25, -0.2) is 0 Å². The number of hydrogen-bond donors (Lipinski definition) is 2. The van der Waals surface area contributed by atoms with Crippen LogP contribution < -0.4 is 0 Å². The Balaban J connectivity index is 1.51. The Morgan fingerprint density at radius 2 is 1.70 bits per heavy atom. The van der Waals surface area contributed by atoms with Gasteiger partial charge in [0.15, 0.2) is 0 Å². The van der Waals surface area contributed by atoms with Crippen molar-refractivity contribution >= 4 is 5.97 Å². The highest BCUT2D eigenvalue weighted by molar-refractivity contribution is 5.66. The lowest BCUT2D eigenvalue weighted by molar-refractivity contribution is -0.138. The van der Waals surface area contributed by atoms with Crippen molar-refractivity contribution in [1.29, 1.82) is 0 Å². The summed E-state index contributed by atoms with van der Waals surface area (Å²) in [5.41, 5.74) is 0.882. The molecule has 4 aliphatic rings. The fraction of sp³-hybridized carbons (Fsp3) is 0.958. The molecule has 0 bridgehead atoms. The molecule has 0 aliphatic heterocycles. The van der Waals surface area contributed by atoms with E-state index in [0.717, 1.165) is 42.9 Å². The zero-order valence-corrected chi connectivity index (χ0v) is 17.6. The number of carboxylic acid groups (broad SMARTS) is 1. The van der Waals surface area contributed by atoms with Crippen LogP contribution in [0.1, 0.15) is 91.4 Å². The van der Waals surface area contributed by atoms with Crippen molar-refractivity contribution in [2.45, 2.75) is 97.5 Å². The highest BCUT2D eigenvalue weighted by Gasteiger charge is 2.60. The van der Waals surface area contributed by atoms with E-state index in [0.29, 0.717) is 29.1 Å². The average Bonchev–Trinajstić information content (AvgIpc) is 2.97. The molecule has 9 atom stereocenters. The number of hydrogen-bond acceptors (Lipinski definition) is 2. The quantitative estimate of drug-likeness (QED) is 0.680. The van der Waals surface area contributed by atoms with Crippen molar-refractivity contribution in [2.24, 2.45) is 46.3 Å². The van der Waals surface area contributed by atoms with Gasteiger partial charge >= 0.3 is 5.97 Å². The molecule has 4 fully saturated rings. The molecule has 4 aliphatic carbocycles. The summed E-state index contributed by atoms with van der Waals surface area (Å²) in [5, 5.41) is 19.3. The van der Waals surface area contributed by atoms with Crippen LogP contribution in [0.2, 0.25) is 0 Å². The summed E-state index contributed by atoms with van der Waals surface area (Å²) >= 11 is 0. The number of aliphatic hydroxyl groups is 1. The van der Waals surface area contributed by atoms with Crippen molar-refractivity contribution in [3.05, 3.63) is 0 Å². The van der Waals surface area contributed by atoms with Gasteiger partial charge in [0, 0.05) is 6.42 Å². The molecule has 27 heavy (non-hydrogen) atoms. The Bertz CT molecular complexity index is 574. The van der Waals surface area contributed by atoms with E-state index in [1.807, 2.05) is 0 Å². The largest absolute Gasteiger partial charge is 0.481 e. The number of fused-ring (bicyclic) bond motifs is 5. The van der Waals surface area contributed by atoms with E-state index in [9.17, 15) is 9.90 Å². The third kappa shape index (κ3) is 3.16. The van der Waals surface area contributed by atoms with E-state index in [2.05, 4.69) is 20.8 Å². The predicted molar refractivity (Wildman–Crippen MR) is 107 cm³/mol. The third-order valence-corrected chi connectivity index (χ3v) is 10.2. The number of carbonyl (C=O) groups is 1. The zero-order chi connectivity index (χ0) is 19.4. The van der Waals surface area contributed by atoms with Crippen LogP contribution >= 0.6 is 0 Å². The van der Waals surface area contributed by atoms with Gasteiger partial charge in [-0.05, 0) is 111 Å². The standard InChI is InChI=1S/C24H40O3/c1-15(4-9-22(26)27)19-7-8-20-18-6-5-16-14-17(25)10-12-23(16,2)21(18)11-13-24(19,20)3/h15-21,25H,4-14H2,1-3H3,(H,26,27)/t15-,16+,17?,18+,19-,20+,21+,23+,24-/m1/s1. The van der Waals surface area contributed by atoms with Gasteiger partial charge in [-0.3, -0.25) is 4.79 Å². The molecule has 3 nitrogen and oxygen atoms in total. The normalized spacial score (nSPS) is 50.4. The fourth-order valence-electron chi connectivity index (χ4n) is 8.76. The first-order valence-corrected chi connectivity index (χ1v) is 11.7. The number of carboxylic acids is 1. The molecule has 2 N–H and O–H groups in total. The smallest absolute Gasteiger partial charge is 0.303 e. The predicted octanol–water partition coefficient (Wildman–Crippen LogP) is 5.51. The van der Waals surface area contributed by atoms with E-state index in [1.165, 1.54) is 44.9 Å². The number of aliphatic carboxylic acids is 1. The second kappa shape index (κ2) is 7.04. The van der Waals surface area contributed by atoms with Gasteiger partial charge in [0.05, 0.1) is 6.10 Å². The first-order valence-electron chi connectivity index (χ1n) is 11.7. The lowest BCUT2D eigenvalue weighted by atomic mass is 9.44. The summed E-state index contributed by atoms with van der Waals surface area (Å²) in [5.74, 6) is 3.91. The minimum absolute atomic E-state index is 0.0561. The summed E-state index contributed by atoms with van der Waals surface area (Å²) in [4.78, 5) is 11.0. The maximum Gasteiger partial charge on any atom is 0.303 e. The zero-order valence-electron chi connectivity index (χ0n) is 17.6. The van der Waals surface area contributed by atoms with Crippen molar-refractivity contribution < 1.29 is 15.0 Å². The van der Waals surface area contributed by atoms with Gasteiger partial charge in [-0.1, -0.05) is 20.8 Å². The van der Waals surface area contributed by atoms with Gasteiger partial charge in [-0.15, -0.1) is 0 Å². The Labute approximate surface area is 165 Å². The molecule has 4 rings (SSSR count). The molecular formula is C24H40O3. The van der Waals surface area contributed by atoms with Crippen molar-refractivity contribution in [3.8, 4) is 0 Å². The fourth-order valence-corrected chi connectivity index (χ4v) is 8.76. The molecule has 0 spiro atoms. The van der Waals surface area contributed by atoms with Crippen LogP contribution in [0.5, 0.6) is 0 Å². The minimum Gasteiger partial charge on any atom is -0.481 e. The maximum absolute atomic E-state index is 11.0. The van der Waals surface area contributed by atoms with Crippen LogP contribution in [0.3, 0.4) is 0 Å². The van der Waals surface area contributed by atoms with Crippen molar-refractivity contribution in [3.63, 3.8) is 0 Å². The lowest BCUT2D eigenvalue weighted by Gasteiger charge is -2.61. The second-order valence-corrected chi connectivity index (χ2v) is 11.2. The molecule has 0 aromatic rings. The summed E-state index contributed by atoms with van der Waals surface area (Å²) < 4.78 is 0. The van der Waals surface area contributed by atoms with Gasteiger partial charge in [-0.2, -0.15) is 0 Å². The van der Waals surface area contributed by atoms with Crippen LogP contribution in [0.15, 0.2) is 0 Å². The third-order valence-electron chi connectivity index (χ3n) is 10.2. The van der Waals surface area contributed by atoms with E-state index in [1.54, 1.807) is 0 Å². The Hall–Kier alpha value is -0.570. The number of rotatable bonds is 4. The Morgan fingerprint density at radius 1 is 1.00 bits per heavy atom. The maximum atomic E-state index is 11.0. The minimum atomic E-state index is -0.643. The summed E-state index contributed by atoms with van der Waals surface area (Å²) in [6.07, 6.45) is 12.4. The van der Waals surface area contributed by atoms with Gasteiger partial charge < -0.3 is 10.2 Å². The average molecular weight is 377 g/mol. The van der Waals surface area contributed by atoms with Gasteiger partial charge in [0.2, 0.25) is 0 Å². The van der Waals surface area contributed by atoms with Gasteiger partial charge in [0.25, 0.3) is 0 Å². The van der Waals surface area contributed by atoms with Crippen molar-refractivity contribution in [2.75, 3.05) is 0 Å². The monoisotopic (exact) mass is 376 g/mol. The molecule has 3 heteroatoms. The van der Waals surface area contributed by atoms with Crippen LogP contribution in [0, 0.1) is 46.3 Å². The van der Waals surface area contributed by atoms with Crippen LogP contribution in [-0.4, -0.2) is 22.3 Å². The van der Waals surface area contributed by atoms with Crippen molar-refractivity contribution in [1.82, 2.24) is 0 Å². The molecule has 1 unspecified atom stereocenters. The Morgan fingerprint density at radius 3 is 2.44 bits per heavy atom. The topological polar surface area (TPSA) is 57.5 Å².